The molecule has 0 fully saturated rings. The molecule has 0 aliphatic carbocycles. The molecule has 82 valence electrons. The van der Waals surface area contributed by atoms with Crippen LogP contribution in [0.3, 0.4) is 0 Å². The normalized spacial score (nSPS) is 11.1. The molecule has 5 heteroatoms. The number of oxime groups is 1. The highest BCUT2D eigenvalue weighted by molar-refractivity contribution is 5.76. The monoisotopic (exact) mass is 200 g/mol. The maximum atomic E-state index is 5.50. The SMILES string of the molecule is C=CCN(N)C(N)=NOCCCCC. The van der Waals surface area contributed by atoms with Crippen molar-refractivity contribution in [3.8, 4) is 0 Å². The summed E-state index contributed by atoms with van der Waals surface area (Å²) in [6.07, 6.45) is 4.91. The Balaban J connectivity index is 3.59. The summed E-state index contributed by atoms with van der Waals surface area (Å²) in [6.45, 7) is 6.69. The molecule has 0 atom stereocenters. The molecule has 4 N–H and O–H groups in total. The molecule has 0 rings (SSSR count). The molecule has 0 aromatic carbocycles. The van der Waals surface area contributed by atoms with Gasteiger partial charge >= 0.3 is 0 Å². The van der Waals surface area contributed by atoms with Gasteiger partial charge in [0.15, 0.2) is 0 Å². The average Bonchev–Trinajstić information content (AvgIpc) is 2.17. The van der Waals surface area contributed by atoms with Gasteiger partial charge in [0.25, 0.3) is 0 Å². The molecule has 0 aromatic heterocycles. The molecule has 0 unspecified atom stereocenters. The molecular weight excluding hydrogens is 180 g/mol. The molecule has 0 spiro atoms. The molecule has 0 aliphatic heterocycles. The van der Waals surface area contributed by atoms with Crippen molar-refractivity contribution in [2.75, 3.05) is 13.2 Å². The third kappa shape index (κ3) is 6.30. The van der Waals surface area contributed by atoms with Gasteiger partial charge in [0, 0.05) is 0 Å². The van der Waals surface area contributed by atoms with Crippen LogP contribution >= 0.6 is 0 Å². The van der Waals surface area contributed by atoms with Crippen LogP contribution in [0.25, 0.3) is 0 Å². The molecule has 0 heterocycles. The highest BCUT2D eigenvalue weighted by atomic mass is 16.6. The van der Waals surface area contributed by atoms with Crippen molar-refractivity contribution in [3.63, 3.8) is 0 Å². The predicted molar refractivity (Wildman–Crippen MR) is 58.2 cm³/mol. The summed E-state index contributed by atoms with van der Waals surface area (Å²) in [5, 5.41) is 4.93. The van der Waals surface area contributed by atoms with E-state index in [0.717, 1.165) is 19.3 Å². The van der Waals surface area contributed by atoms with E-state index in [2.05, 4.69) is 18.7 Å². The first-order valence-corrected chi connectivity index (χ1v) is 4.81. The Morgan fingerprint density at radius 1 is 1.57 bits per heavy atom. The Kier molecular flexibility index (Phi) is 7.64. The molecule has 0 aliphatic rings. The largest absolute Gasteiger partial charge is 0.393 e. The van der Waals surface area contributed by atoms with Crippen LogP contribution in [-0.2, 0) is 4.84 Å². The lowest BCUT2D eigenvalue weighted by Crippen LogP contribution is -2.42. The molecular formula is C9H20N4O. The van der Waals surface area contributed by atoms with Crippen molar-refractivity contribution >= 4 is 5.96 Å². The number of hydrogen-bond donors (Lipinski definition) is 2. The van der Waals surface area contributed by atoms with E-state index in [1.807, 2.05) is 0 Å². The van der Waals surface area contributed by atoms with E-state index in [1.165, 1.54) is 5.01 Å². The van der Waals surface area contributed by atoms with Crippen molar-refractivity contribution in [1.82, 2.24) is 5.01 Å². The second kappa shape index (κ2) is 8.37. The Morgan fingerprint density at radius 3 is 2.86 bits per heavy atom. The van der Waals surface area contributed by atoms with Crippen LogP contribution in [-0.4, -0.2) is 24.1 Å². The summed E-state index contributed by atoms with van der Waals surface area (Å²) < 4.78 is 0. The van der Waals surface area contributed by atoms with Gasteiger partial charge in [-0.25, -0.2) is 5.84 Å². The molecule has 14 heavy (non-hydrogen) atoms. The lowest BCUT2D eigenvalue weighted by atomic mass is 10.3. The highest BCUT2D eigenvalue weighted by Gasteiger charge is 1.99. The van der Waals surface area contributed by atoms with Crippen LogP contribution in [0.5, 0.6) is 0 Å². The molecule has 0 aromatic rings. The first kappa shape index (κ1) is 12.8. The molecule has 5 nitrogen and oxygen atoms in total. The summed E-state index contributed by atoms with van der Waals surface area (Å²) in [5.41, 5.74) is 5.50. The van der Waals surface area contributed by atoms with Gasteiger partial charge in [0.05, 0.1) is 6.54 Å². The quantitative estimate of drug-likeness (QED) is 0.159. The first-order valence-electron chi connectivity index (χ1n) is 4.81. The fourth-order valence-electron chi connectivity index (χ4n) is 0.813. The average molecular weight is 200 g/mol. The molecule has 0 bridgehead atoms. The number of rotatable bonds is 7. The number of guanidine groups is 1. The van der Waals surface area contributed by atoms with E-state index >= 15 is 0 Å². The van der Waals surface area contributed by atoms with Crippen LogP contribution in [0.4, 0.5) is 0 Å². The number of nitrogens with two attached hydrogens (primary N) is 2. The van der Waals surface area contributed by atoms with E-state index in [-0.39, 0.29) is 5.96 Å². The summed E-state index contributed by atoms with van der Waals surface area (Å²) in [4.78, 5) is 4.97. The van der Waals surface area contributed by atoms with E-state index in [9.17, 15) is 0 Å². The minimum atomic E-state index is 0.168. The fourth-order valence-corrected chi connectivity index (χ4v) is 0.813. The standard InChI is InChI=1S/C9H20N4O/c1-3-5-6-8-14-12-9(10)13(11)7-4-2/h4H,2-3,5-8,11H2,1H3,(H2,10,12). The number of unbranched alkanes of at least 4 members (excludes halogenated alkanes) is 2. The third-order valence-corrected chi connectivity index (χ3v) is 1.62. The van der Waals surface area contributed by atoms with Gasteiger partial charge in [-0.1, -0.05) is 25.8 Å². The van der Waals surface area contributed by atoms with Crippen LogP contribution in [0.2, 0.25) is 0 Å². The van der Waals surface area contributed by atoms with E-state index in [1.54, 1.807) is 6.08 Å². The lowest BCUT2D eigenvalue weighted by Gasteiger charge is -2.13. The van der Waals surface area contributed by atoms with Gasteiger partial charge in [-0.3, -0.25) is 5.01 Å². The number of nitrogens with zero attached hydrogens (tertiary/aromatic N) is 2. The maximum Gasteiger partial charge on any atom is 0.247 e. The van der Waals surface area contributed by atoms with E-state index < -0.39 is 0 Å². The zero-order valence-corrected chi connectivity index (χ0v) is 8.78. The van der Waals surface area contributed by atoms with Gasteiger partial charge in [0.2, 0.25) is 5.96 Å². The van der Waals surface area contributed by atoms with Crippen LogP contribution < -0.4 is 11.6 Å². The second-order valence-electron chi connectivity index (χ2n) is 2.93. The Labute approximate surface area is 85.3 Å². The summed E-state index contributed by atoms with van der Waals surface area (Å²) in [6, 6.07) is 0. The van der Waals surface area contributed by atoms with Crippen LogP contribution in [0, 0.1) is 0 Å². The highest BCUT2D eigenvalue weighted by Crippen LogP contribution is 1.94. The molecule has 0 saturated heterocycles. The maximum absolute atomic E-state index is 5.50. The summed E-state index contributed by atoms with van der Waals surface area (Å²) >= 11 is 0. The van der Waals surface area contributed by atoms with Crippen molar-refractivity contribution in [2.24, 2.45) is 16.7 Å². The zero-order chi connectivity index (χ0) is 10.8. The predicted octanol–water partition coefficient (Wildman–Crippen LogP) is 0.785. The van der Waals surface area contributed by atoms with Crippen LogP contribution in [0.1, 0.15) is 26.2 Å². The molecule has 0 radical (unpaired) electrons. The van der Waals surface area contributed by atoms with Gasteiger partial charge in [-0.05, 0) is 11.6 Å². The Hall–Kier alpha value is -1.23. The fraction of sp³-hybridized carbons (Fsp3) is 0.667. The van der Waals surface area contributed by atoms with E-state index in [0.29, 0.717) is 13.2 Å². The summed E-state index contributed by atoms with van der Waals surface area (Å²) in [5.74, 6) is 5.66. The zero-order valence-electron chi connectivity index (χ0n) is 8.78. The second-order valence-corrected chi connectivity index (χ2v) is 2.93. The van der Waals surface area contributed by atoms with Crippen molar-refractivity contribution in [1.29, 1.82) is 0 Å². The minimum absolute atomic E-state index is 0.168. The summed E-state index contributed by atoms with van der Waals surface area (Å²) in [7, 11) is 0. The van der Waals surface area contributed by atoms with Crippen molar-refractivity contribution in [2.45, 2.75) is 26.2 Å². The number of hydrazine groups is 1. The van der Waals surface area contributed by atoms with Crippen LogP contribution in [0.15, 0.2) is 17.8 Å². The minimum Gasteiger partial charge on any atom is -0.393 e. The van der Waals surface area contributed by atoms with Gasteiger partial charge in [-0.15, -0.1) is 6.58 Å². The Morgan fingerprint density at radius 2 is 2.29 bits per heavy atom. The van der Waals surface area contributed by atoms with Gasteiger partial charge < -0.3 is 10.6 Å². The third-order valence-electron chi connectivity index (χ3n) is 1.62. The lowest BCUT2D eigenvalue weighted by molar-refractivity contribution is 0.135. The molecule has 0 amide bonds. The topological polar surface area (TPSA) is 76.9 Å². The first-order chi connectivity index (χ1) is 6.72. The van der Waals surface area contributed by atoms with Gasteiger partial charge in [-0.2, -0.15) is 0 Å². The van der Waals surface area contributed by atoms with Crippen molar-refractivity contribution in [3.05, 3.63) is 12.7 Å². The van der Waals surface area contributed by atoms with E-state index in [4.69, 9.17) is 16.4 Å². The number of hydrogen-bond acceptors (Lipinski definition) is 3. The molecule has 0 saturated carbocycles. The smallest absolute Gasteiger partial charge is 0.247 e. The van der Waals surface area contributed by atoms with Crippen molar-refractivity contribution < 1.29 is 4.84 Å². The Bertz CT molecular complexity index is 182. The van der Waals surface area contributed by atoms with Gasteiger partial charge in [0.1, 0.15) is 6.61 Å².